The van der Waals surface area contributed by atoms with Crippen LogP contribution in [0.5, 0.6) is 0 Å². The summed E-state index contributed by atoms with van der Waals surface area (Å²) in [6.45, 7) is 1.99. The number of aryl methyl sites for hydroxylation is 2. The van der Waals surface area contributed by atoms with Crippen LogP contribution >= 0.6 is 11.6 Å². The average Bonchev–Trinajstić information content (AvgIpc) is 3.28. The SMILES string of the molecule is CC(OC(=O)C1CCN(S(=O)(=O)c2ccc3c(c2)CCC3)CC1)C(=O)Nc1ccc(Cl)cc1. The maximum absolute atomic E-state index is 13.1. The summed E-state index contributed by atoms with van der Waals surface area (Å²) < 4.78 is 32.9. The molecule has 0 aromatic heterocycles. The Hall–Kier alpha value is -2.42. The molecule has 0 spiro atoms. The third-order valence-electron chi connectivity index (χ3n) is 6.27. The number of carbonyl (C=O) groups excluding carboxylic acids is 2. The molecule has 1 saturated heterocycles. The molecule has 0 radical (unpaired) electrons. The van der Waals surface area contributed by atoms with Crippen molar-refractivity contribution in [3.63, 3.8) is 0 Å². The van der Waals surface area contributed by atoms with E-state index in [9.17, 15) is 18.0 Å². The van der Waals surface area contributed by atoms with E-state index in [1.807, 2.05) is 6.07 Å². The van der Waals surface area contributed by atoms with Gasteiger partial charge >= 0.3 is 5.97 Å². The molecule has 1 amide bonds. The van der Waals surface area contributed by atoms with Gasteiger partial charge in [0.1, 0.15) is 0 Å². The van der Waals surface area contributed by atoms with Gasteiger partial charge in [0, 0.05) is 23.8 Å². The minimum absolute atomic E-state index is 0.241. The van der Waals surface area contributed by atoms with Gasteiger partial charge in [-0.3, -0.25) is 9.59 Å². The van der Waals surface area contributed by atoms with Crippen LogP contribution in [-0.2, 0) is 37.2 Å². The van der Waals surface area contributed by atoms with Gasteiger partial charge in [0.15, 0.2) is 6.10 Å². The van der Waals surface area contributed by atoms with Crippen molar-refractivity contribution < 1.29 is 22.7 Å². The molecular formula is C24H27ClN2O5S. The number of nitrogens with zero attached hydrogens (tertiary/aromatic N) is 1. The van der Waals surface area contributed by atoms with Gasteiger partial charge in [-0.2, -0.15) is 4.31 Å². The molecule has 2 aromatic rings. The molecule has 1 atom stereocenters. The lowest BCUT2D eigenvalue weighted by Gasteiger charge is -2.30. The van der Waals surface area contributed by atoms with Crippen molar-refractivity contribution >= 4 is 39.2 Å². The summed E-state index contributed by atoms with van der Waals surface area (Å²) in [5.41, 5.74) is 2.89. The van der Waals surface area contributed by atoms with Crippen LogP contribution in [0.2, 0.25) is 5.02 Å². The Morgan fingerprint density at radius 2 is 1.73 bits per heavy atom. The maximum atomic E-state index is 13.1. The Labute approximate surface area is 199 Å². The van der Waals surface area contributed by atoms with Crippen molar-refractivity contribution in [3.8, 4) is 0 Å². The zero-order chi connectivity index (χ0) is 23.6. The number of halogens is 1. The fourth-order valence-electron chi connectivity index (χ4n) is 4.29. The first-order valence-electron chi connectivity index (χ1n) is 11.1. The van der Waals surface area contributed by atoms with Crippen molar-refractivity contribution in [3.05, 3.63) is 58.6 Å². The minimum atomic E-state index is -3.60. The molecule has 1 N–H and O–H groups in total. The van der Waals surface area contributed by atoms with Crippen molar-refractivity contribution in [2.75, 3.05) is 18.4 Å². The molecule has 33 heavy (non-hydrogen) atoms. The van der Waals surface area contributed by atoms with Gasteiger partial charge in [0.25, 0.3) is 5.91 Å². The van der Waals surface area contributed by atoms with E-state index in [1.165, 1.54) is 16.8 Å². The van der Waals surface area contributed by atoms with E-state index < -0.39 is 33.9 Å². The van der Waals surface area contributed by atoms with Crippen LogP contribution in [0.3, 0.4) is 0 Å². The van der Waals surface area contributed by atoms with E-state index in [4.69, 9.17) is 16.3 Å². The van der Waals surface area contributed by atoms with Gasteiger partial charge in [-0.05, 0) is 86.6 Å². The normalized spacial score (nSPS) is 17.9. The lowest BCUT2D eigenvalue weighted by Crippen LogP contribution is -2.41. The van der Waals surface area contributed by atoms with Gasteiger partial charge in [-0.25, -0.2) is 8.42 Å². The molecular weight excluding hydrogens is 464 g/mol. The summed E-state index contributed by atoms with van der Waals surface area (Å²) in [6.07, 6.45) is 2.71. The Kier molecular flexibility index (Phi) is 7.07. The average molecular weight is 491 g/mol. The van der Waals surface area contributed by atoms with E-state index in [1.54, 1.807) is 36.4 Å². The van der Waals surface area contributed by atoms with Crippen molar-refractivity contribution in [1.29, 1.82) is 0 Å². The standard InChI is InChI=1S/C24H27ClN2O5S/c1-16(23(28)26-21-8-6-20(25)7-9-21)32-24(29)18-11-13-27(14-12-18)33(30,31)22-10-5-17-3-2-4-19(17)15-22/h5-10,15-16,18H,2-4,11-14H2,1H3,(H,26,28). The third kappa shape index (κ3) is 5.39. The Morgan fingerprint density at radius 3 is 2.42 bits per heavy atom. The molecule has 176 valence electrons. The number of hydrogen-bond acceptors (Lipinski definition) is 5. The largest absolute Gasteiger partial charge is 0.452 e. The summed E-state index contributed by atoms with van der Waals surface area (Å²) in [4.78, 5) is 25.2. The number of fused-ring (bicyclic) bond motifs is 1. The first-order valence-corrected chi connectivity index (χ1v) is 12.9. The number of benzene rings is 2. The second-order valence-electron chi connectivity index (χ2n) is 8.54. The minimum Gasteiger partial charge on any atom is -0.452 e. The number of hydrogen-bond donors (Lipinski definition) is 1. The second kappa shape index (κ2) is 9.83. The molecule has 1 fully saturated rings. The first-order chi connectivity index (χ1) is 15.7. The molecule has 9 heteroatoms. The first kappa shape index (κ1) is 23.7. The summed E-state index contributed by atoms with van der Waals surface area (Å²) in [7, 11) is -3.60. The fraction of sp³-hybridized carbons (Fsp3) is 0.417. The number of esters is 1. The smallest absolute Gasteiger partial charge is 0.309 e. The number of anilines is 1. The molecule has 2 aliphatic rings. The van der Waals surface area contributed by atoms with Crippen LogP contribution in [0.25, 0.3) is 0 Å². The quantitative estimate of drug-likeness (QED) is 0.622. The van der Waals surface area contributed by atoms with Crippen LogP contribution in [0.4, 0.5) is 5.69 Å². The highest BCUT2D eigenvalue weighted by atomic mass is 35.5. The van der Waals surface area contributed by atoms with Crippen LogP contribution in [-0.4, -0.2) is 43.8 Å². The lowest BCUT2D eigenvalue weighted by molar-refractivity contribution is -0.158. The van der Waals surface area contributed by atoms with E-state index in [0.29, 0.717) is 28.4 Å². The summed E-state index contributed by atoms with van der Waals surface area (Å²) in [6, 6.07) is 12.0. The lowest BCUT2D eigenvalue weighted by atomic mass is 9.98. The van der Waals surface area contributed by atoms with Crippen LogP contribution in [0.15, 0.2) is 47.4 Å². The highest BCUT2D eigenvalue weighted by Gasteiger charge is 2.34. The number of ether oxygens (including phenoxy) is 1. The topological polar surface area (TPSA) is 92.8 Å². The predicted molar refractivity (Wildman–Crippen MR) is 126 cm³/mol. The molecule has 1 aliphatic carbocycles. The molecule has 1 unspecified atom stereocenters. The number of piperidine rings is 1. The van der Waals surface area contributed by atoms with Gasteiger partial charge in [0.2, 0.25) is 10.0 Å². The van der Waals surface area contributed by atoms with E-state index in [-0.39, 0.29) is 13.1 Å². The Morgan fingerprint density at radius 1 is 1.06 bits per heavy atom. The number of sulfonamides is 1. The fourth-order valence-corrected chi connectivity index (χ4v) is 5.94. The highest BCUT2D eigenvalue weighted by Crippen LogP contribution is 2.29. The molecule has 1 heterocycles. The van der Waals surface area contributed by atoms with Crippen LogP contribution in [0.1, 0.15) is 37.3 Å². The van der Waals surface area contributed by atoms with Gasteiger partial charge in [-0.15, -0.1) is 0 Å². The highest BCUT2D eigenvalue weighted by molar-refractivity contribution is 7.89. The number of nitrogens with one attached hydrogen (secondary N) is 1. The zero-order valence-electron chi connectivity index (χ0n) is 18.4. The molecule has 4 rings (SSSR count). The molecule has 1 aliphatic heterocycles. The molecule has 7 nitrogen and oxygen atoms in total. The molecule has 0 bridgehead atoms. The number of rotatable bonds is 6. The Balaban J connectivity index is 1.30. The maximum Gasteiger partial charge on any atom is 0.309 e. The summed E-state index contributed by atoms with van der Waals surface area (Å²) in [5, 5.41) is 3.23. The Bertz CT molecular complexity index is 1140. The second-order valence-corrected chi connectivity index (χ2v) is 10.9. The van der Waals surface area contributed by atoms with Crippen LogP contribution in [0, 0.1) is 5.92 Å². The van der Waals surface area contributed by atoms with E-state index >= 15 is 0 Å². The van der Waals surface area contributed by atoms with Crippen molar-refractivity contribution in [2.45, 2.75) is 50.0 Å². The van der Waals surface area contributed by atoms with Crippen LogP contribution < -0.4 is 5.32 Å². The van der Waals surface area contributed by atoms with Gasteiger partial charge < -0.3 is 10.1 Å². The third-order valence-corrected chi connectivity index (χ3v) is 8.42. The summed E-state index contributed by atoms with van der Waals surface area (Å²) in [5.74, 6) is -1.37. The number of amides is 1. The predicted octanol–water partition coefficient (Wildman–Crippen LogP) is 3.80. The molecule has 2 aromatic carbocycles. The molecule has 0 saturated carbocycles. The number of carbonyl (C=O) groups is 2. The van der Waals surface area contributed by atoms with Crippen molar-refractivity contribution in [1.82, 2.24) is 4.31 Å². The van der Waals surface area contributed by atoms with E-state index in [0.717, 1.165) is 24.8 Å². The zero-order valence-corrected chi connectivity index (χ0v) is 20.0. The van der Waals surface area contributed by atoms with Gasteiger partial charge in [0.05, 0.1) is 10.8 Å². The van der Waals surface area contributed by atoms with Gasteiger partial charge in [-0.1, -0.05) is 17.7 Å². The van der Waals surface area contributed by atoms with E-state index in [2.05, 4.69) is 5.32 Å². The monoisotopic (exact) mass is 490 g/mol. The van der Waals surface area contributed by atoms with Crippen molar-refractivity contribution in [2.24, 2.45) is 5.92 Å². The summed E-state index contributed by atoms with van der Waals surface area (Å²) >= 11 is 5.84.